The zero-order valence-corrected chi connectivity index (χ0v) is 19.0. The summed E-state index contributed by atoms with van der Waals surface area (Å²) < 4.78 is 16.3. The van der Waals surface area contributed by atoms with E-state index in [0.717, 1.165) is 23.8 Å². The van der Waals surface area contributed by atoms with E-state index in [9.17, 15) is 0 Å². The van der Waals surface area contributed by atoms with Gasteiger partial charge in [0.25, 0.3) is 0 Å². The first-order valence-corrected chi connectivity index (χ1v) is 10.7. The third kappa shape index (κ3) is 6.28. The van der Waals surface area contributed by atoms with Gasteiger partial charge in [-0.3, -0.25) is 9.89 Å². The van der Waals surface area contributed by atoms with E-state index in [2.05, 4.69) is 44.8 Å². The minimum absolute atomic E-state index is 0.540. The van der Waals surface area contributed by atoms with Crippen LogP contribution >= 0.6 is 0 Å². The van der Waals surface area contributed by atoms with Crippen molar-refractivity contribution in [3.8, 4) is 17.2 Å². The highest BCUT2D eigenvalue weighted by Crippen LogP contribution is 2.34. The molecule has 2 aromatic carbocycles. The van der Waals surface area contributed by atoms with E-state index in [1.54, 1.807) is 28.4 Å². The third-order valence-electron chi connectivity index (χ3n) is 5.54. The van der Waals surface area contributed by atoms with E-state index in [-0.39, 0.29) is 0 Å². The molecule has 0 radical (unpaired) electrons. The lowest BCUT2D eigenvalue weighted by Crippen LogP contribution is -2.36. The molecule has 0 atom stereocenters. The molecule has 7 nitrogen and oxygen atoms in total. The number of hydrogen-bond acceptors (Lipinski definition) is 5. The fraction of sp³-hybridized carbons (Fsp3) is 0.458. The van der Waals surface area contributed by atoms with Crippen molar-refractivity contribution in [3.05, 3.63) is 53.1 Å². The molecular weight excluding hydrogens is 392 g/mol. The van der Waals surface area contributed by atoms with Crippen LogP contribution in [0.5, 0.6) is 17.2 Å². The van der Waals surface area contributed by atoms with Crippen molar-refractivity contribution in [2.24, 2.45) is 4.99 Å². The number of nitrogens with one attached hydrogen (secondary N) is 2. The van der Waals surface area contributed by atoms with Gasteiger partial charge in [0.2, 0.25) is 0 Å². The van der Waals surface area contributed by atoms with Crippen LogP contribution in [0.25, 0.3) is 0 Å². The number of aliphatic imine (C=N–C) groups is 1. The number of likely N-dealkylation sites (tertiary alicyclic amines) is 1. The second kappa shape index (κ2) is 11.5. The van der Waals surface area contributed by atoms with Gasteiger partial charge in [-0.05, 0) is 43.1 Å². The summed E-state index contributed by atoms with van der Waals surface area (Å²) in [5.74, 6) is 2.75. The van der Waals surface area contributed by atoms with E-state index in [0.29, 0.717) is 24.6 Å². The topological polar surface area (TPSA) is 67.4 Å². The van der Waals surface area contributed by atoms with E-state index < -0.39 is 0 Å². The van der Waals surface area contributed by atoms with Gasteiger partial charge < -0.3 is 24.8 Å². The fourth-order valence-electron chi connectivity index (χ4n) is 3.78. The second-order valence-electron chi connectivity index (χ2n) is 7.60. The Balaban J connectivity index is 1.54. The number of hydrogen-bond donors (Lipinski definition) is 2. The minimum Gasteiger partial charge on any atom is -0.496 e. The maximum atomic E-state index is 5.50. The summed E-state index contributed by atoms with van der Waals surface area (Å²) in [5.41, 5.74) is 3.54. The van der Waals surface area contributed by atoms with Crippen LogP contribution in [-0.2, 0) is 19.6 Å². The van der Waals surface area contributed by atoms with Crippen LogP contribution < -0.4 is 24.8 Å². The van der Waals surface area contributed by atoms with Crippen LogP contribution in [0.15, 0.2) is 41.4 Å². The SMILES string of the molecule is CN=C(NCc1ccc(CN2CCCC2)cc1)NCc1cc(OC)c(OC)cc1OC. The van der Waals surface area contributed by atoms with Crippen LogP contribution in [-0.4, -0.2) is 52.3 Å². The van der Waals surface area contributed by atoms with Crippen molar-refractivity contribution in [1.82, 2.24) is 15.5 Å². The molecule has 0 aromatic heterocycles. The van der Waals surface area contributed by atoms with Gasteiger partial charge in [-0.1, -0.05) is 24.3 Å². The van der Waals surface area contributed by atoms with Crippen molar-refractivity contribution < 1.29 is 14.2 Å². The Kier molecular flexibility index (Phi) is 8.41. The summed E-state index contributed by atoms with van der Waals surface area (Å²) >= 11 is 0. The van der Waals surface area contributed by atoms with Gasteiger partial charge in [-0.2, -0.15) is 0 Å². The van der Waals surface area contributed by atoms with E-state index >= 15 is 0 Å². The number of nitrogens with zero attached hydrogens (tertiary/aromatic N) is 2. The first-order valence-electron chi connectivity index (χ1n) is 10.7. The third-order valence-corrected chi connectivity index (χ3v) is 5.54. The Morgan fingerprint density at radius 2 is 1.42 bits per heavy atom. The molecule has 1 fully saturated rings. The minimum atomic E-state index is 0.540. The highest BCUT2D eigenvalue weighted by atomic mass is 16.5. The number of benzene rings is 2. The largest absolute Gasteiger partial charge is 0.496 e. The van der Waals surface area contributed by atoms with Crippen molar-refractivity contribution in [2.75, 3.05) is 41.5 Å². The van der Waals surface area contributed by atoms with Crippen molar-refractivity contribution in [1.29, 1.82) is 0 Å². The Labute approximate surface area is 185 Å². The molecule has 2 aromatic rings. The normalized spacial score (nSPS) is 14.4. The van der Waals surface area contributed by atoms with Crippen molar-refractivity contribution in [2.45, 2.75) is 32.5 Å². The summed E-state index contributed by atoms with van der Waals surface area (Å²) in [6, 6.07) is 12.6. The van der Waals surface area contributed by atoms with Gasteiger partial charge in [0, 0.05) is 38.3 Å². The molecule has 1 aliphatic heterocycles. The molecule has 3 rings (SSSR count). The maximum Gasteiger partial charge on any atom is 0.191 e. The Morgan fingerprint density at radius 1 is 0.839 bits per heavy atom. The van der Waals surface area contributed by atoms with Gasteiger partial charge in [-0.25, -0.2) is 0 Å². The molecule has 31 heavy (non-hydrogen) atoms. The predicted octanol–water partition coefficient (Wildman–Crippen LogP) is 3.17. The average Bonchev–Trinajstić information content (AvgIpc) is 3.32. The molecule has 0 unspecified atom stereocenters. The molecule has 0 bridgehead atoms. The first kappa shape index (κ1) is 22.7. The number of rotatable bonds is 9. The highest BCUT2D eigenvalue weighted by Gasteiger charge is 2.13. The van der Waals surface area contributed by atoms with Gasteiger partial charge in [0.1, 0.15) is 5.75 Å². The van der Waals surface area contributed by atoms with Crippen LogP contribution in [0.4, 0.5) is 0 Å². The summed E-state index contributed by atoms with van der Waals surface area (Å²) in [4.78, 5) is 6.84. The summed E-state index contributed by atoms with van der Waals surface area (Å²) in [6.07, 6.45) is 2.65. The number of methoxy groups -OCH3 is 3. The molecule has 0 spiro atoms. The molecule has 1 heterocycles. The lowest BCUT2D eigenvalue weighted by molar-refractivity contribution is 0.331. The summed E-state index contributed by atoms with van der Waals surface area (Å²) in [7, 11) is 6.64. The lowest BCUT2D eigenvalue weighted by Gasteiger charge is -2.17. The Bertz CT molecular complexity index is 862. The molecule has 2 N–H and O–H groups in total. The molecule has 0 amide bonds. The van der Waals surface area contributed by atoms with Gasteiger partial charge >= 0.3 is 0 Å². The first-order chi connectivity index (χ1) is 15.2. The van der Waals surface area contributed by atoms with Crippen LogP contribution in [0, 0.1) is 0 Å². The molecule has 1 saturated heterocycles. The average molecular weight is 427 g/mol. The van der Waals surface area contributed by atoms with Gasteiger partial charge in [-0.15, -0.1) is 0 Å². The zero-order chi connectivity index (χ0) is 22.1. The molecule has 0 saturated carbocycles. The zero-order valence-electron chi connectivity index (χ0n) is 19.0. The smallest absolute Gasteiger partial charge is 0.191 e. The van der Waals surface area contributed by atoms with Gasteiger partial charge in [0.15, 0.2) is 17.5 Å². The monoisotopic (exact) mass is 426 g/mol. The molecule has 168 valence electrons. The lowest BCUT2D eigenvalue weighted by atomic mass is 10.1. The number of ether oxygens (including phenoxy) is 3. The second-order valence-corrected chi connectivity index (χ2v) is 7.60. The summed E-state index contributed by atoms with van der Waals surface area (Å²) in [5, 5.41) is 6.70. The highest BCUT2D eigenvalue weighted by molar-refractivity contribution is 5.79. The predicted molar refractivity (Wildman–Crippen MR) is 124 cm³/mol. The quantitative estimate of drug-likeness (QED) is 0.474. The van der Waals surface area contributed by atoms with Crippen molar-refractivity contribution >= 4 is 5.96 Å². The maximum absolute atomic E-state index is 5.50. The summed E-state index contributed by atoms with van der Waals surface area (Å²) in [6.45, 7) is 4.72. The van der Waals surface area contributed by atoms with Crippen LogP contribution in [0.3, 0.4) is 0 Å². The van der Waals surface area contributed by atoms with Crippen molar-refractivity contribution in [3.63, 3.8) is 0 Å². The Hall–Kier alpha value is -2.93. The van der Waals surface area contributed by atoms with Crippen LogP contribution in [0.2, 0.25) is 0 Å². The van der Waals surface area contributed by atoms with E-state index in [1.807, 2.05) is 12.1 Å². The number of guanidine groups is 1. The Morgan fingerprint density at radius 3 is 2.03 bits per heavy atom. The molecule has 0 aliphatic carbocycles. The fourth-order valence-corrected chi connectivity index (χ4v) is 3.78. The van der Waals surface area contributed by atoms with Crippen LogP contribution in [0.1, 0.15) is 29.5 Å². The molecule has 1 aliphatic rings. The van der Waals surface area contributed by atoms with Gasteiger partial charge in [0.05, 0.1) is 21.3 Å². The van der Waals surface area contributed by atoms with E-state index in [4.69, 9.17) is 14.2 Å². The molecular formula is C24H34N4O3. The standard InChI is InChI=1S/C24H34N4O3/c1-25-24(27-16-20-13-22(30-3)23(31-4)14-21(20)29-2)26-15-18-7-9-19(10-8-18)17-28-11-5-6-12-28/h7-10,13-14H,5-6,11-12,15-17H2,1-4H3,(H2,25,26,27). The molecule has 7 heteroatoms. The van der Waals surface area contributed by atoms with E-state index in [1.165, 1.54) is 37.1 Å².